The lowest BCUT2D eigenvalue weighted by atomic mass is 9.98. The van der Waals surface area contributed by atoms with Crippen LogP contribution in [0.2, 0.25) is 0 Å². The fourth-order valence-electron chi connectivity index (χ4n) is 4.10. The Morgan fingerprint density at radius 2 is 1.50 bits per heavy atom. The number of rotatable bonds is 5. The van der Waals surface area contributed by atoms with E-state index in [1.807, 2.05) is 50.7 Å². The summed E-state index contributed by atoms with van der Waals surface area (Å²) in [6, 6.07) is 16.5. The van der Waals surface area contributed by atoms with Gasteiger partial charge in [-0.05, 0) is 22.3 Å². The first kappa shape index (κ1) is 15.3. The van der Waals surface area contributed by atoms with Gasteiger partial charge >= 0.3 is 0 Å². The van der Waals surface area contributed by atoms with Gasteiger partial charge in [-0.25, -0.2) is 0 Å². The fraction of sp³-hybridized carbons (Fsp3) is 0.333. The maximum atomic E-state index is 11.5. The van der Waals surface area contributed by atoms with Crippen LogP contribution in [0.4, 0.5) is 0 Å². The van der Waals surface area contributed by atoms with Crippen LogP contribution >= 0.6 is 0 Å². The molecule has 3 nitrogen and oxygen atoms in total. The van der Waals surface area contributed by atoms with Gasteiger partial charge in [0, 0.05) is 11.3 Å². The third kappa shape index (κ3) is 1.82. The van der Waals surface area contributed by atoms with Crippen LogP contribution in [-0.2, 0) is 14.3 Å². The van der Waals surface area contributed by atoms with Crippen molar-refractivity contribution in [3.05, 3.63) is 59.7 Å². The second-order valence-electron chi connectivity index (χ2n) is 7.15. The third-order valence-electron chi connectivity index (χ3n) is 5.71. The molecule has 0 aliphatic heterocycles. The lowest BCUT2D eigenvalue weighted by Gasteiger charge is -2.19. The van der Waals surface area contributed by atoms with Crippen molar-refractivity contribution >= 4 is 12.6 Å². The van der Waals surface area contributed by atoms with Crippen molar-refractivity contribution in [3.8, 4) is 11.1 Å². The lowest BCUT2D eigenvalue weighted by Crippen LogP contribution is -2.26. The minimum absolute atomic E-state index is 0.0614. The van der Waals surface area contributed by atoms with E-state index >= 15 is 0 Å². The first-order valence-electron chi connectivity index (χ1n) is 8.16. The molecule has 0 amide bonds. The van der Waals surface area contributed by atoms with Crippen LogP contribution in [-0.4, -0.2) is 24.8 Å². The van der Waals surface area contributed by atoms with E-state index in [1.165, 1.54) is 22.3 Å². The van der Waals surface area contributed by atoms with Gasteiger partial charge in [0.05, 0.1) is 12.5 Å². The molecule has 2 atom stereocenters. The summed E-state index contributed by atoms with van der Waals surface area (Å²) in [4.78, 5) is 22.7. The average Bonchev–Trinajstić information content (AvgIpc) is 2.92. The molecule has 4 rings (SSSR count). The number of carbonyl (C=O) groups excluding carboxylic acids is 2. The summed E-state index contributed by atoms with van der Waals surface area (Å²) in [6.45, 7) is 4.05. The van der Waals surface area contributed by atoms with Crippen LogP contribution in [0.1, 0.15) is 30.9 Å². The number of hydrogen-bond acceptors (Lipinski definition) is 3. The van der Waals surface area contributed by atoms with Crippen LogP contribution < -0.4 is 0 Å². The lowest BCUT2D eigenvalue weighted by molar-refractivity contribution is 0.0464. The Morgan fingerprint density at radius 1 is 0.958 bits per heavy atom. The molecule has 2 aromatic carbocycles. The van der Waals surface area contributed by atoms with Crippen molar-refractivity contribution < 1.29 is 14.3 Å². The van der Waals surface area contributed by atoms with Crippen LogP contribution in [0.15, 0.2) is 48.5 Å². The number of fused-ring (bicyclic) bond motifs is 3. The molecule has 2 aromatic rings. The van der Waals surface area contributed by atoms with E-state index in [-0.39, 0.29) is 5.92 Å². The predicted octanol–water partition coefficient (Wildman–Crippen LogP) is 3.43. The molecular weight excluding hydrogens is 300 g/mol. The van der Waals surface area contributed by atoms with Gasteiger partial charge in [-0.15, -0.1) is 0 Å². The van der Waals surface area contributed by atoms with E-state index in [4.69, 9.17) is 4.74 Å². The van der Waals surface area contributed by atoms with Gasteiger partial charge in [-0.3, -0.25) is 9.59 Å². The summed E-state index contributed by atoms with van der Waals surface area (Å²) in [5, 5.41) is 0. The van der Waals surface area contributed by atoms with E-state index in [0.29, 0.717) is 6.61 Å². The zero-order valence-electron chi connectivity index (χ0n) is 13.7. The molecule has 1 fully saturated rings. The minimum atomic E-state index is -1.17. The summed E-state index contributed by atoms with van der Waals surface area (Å²) >= 11 is 0. The highest BCUT2D eigenvalue weighted by Crippen LogP contribution is 2.62. The van der Waals surface area contributed by atoms with Crippen molar-refractivity contribution in [1.29, 1.82) is 0 Å². The van der Waals surface area contributed by atoms with Gasteiger partial charge in [0.2, 0.25) is 12.6 Å². The second kappa shape index (κ2) is 5.12. The van der Waals surface area contributed by atoms with Crippen LogP contribution in [0, 0.1) is 11.3 Å². The van der Waals surface area contributed by atoms with Crippen LogP contribution in [0.5, 0.6) is 0 Å². The number of ether oxygens (including phenoxy) is 1. The Hall–Kier alpha value is -2.26. The van der Waals surface area contributed by atoms with Crippen LogP contribution in [0.25, 0.3) is 11.1 Å². The molecule has 2 aliphatic carbocycles. The zero-order valence-corrected chi connectivity index (χ0v) is 13.7. The molecule has 0 bridgehead atoms. The molecule has 2 aliphatic rings. The van der Waals surface area contributed by atoms with E-state index in [0.717, 1.165) is 0 Å². The first-order valence-corrected chi connectivity index (χ1v) is 8.16. The summed E-state index contributed by atoms with van der Waals surface area (Å²) in [6.07, 6.45) is 3.93. The topological polar surface area (TPSA) is 43.4 Å². The largest absolute Gasteiger partial charge is 0.364 e. The first-order chi connectivity index (χ1) is 11.6. The van der Waals surface area contributed by atoms with E-state index in [9.17, 15) is 9.59 Å². The molecule has 0 N–H and O–H groups in total. The van der Waals surface area contributed by atoms with E-state index in [2.05, 4.69) is 24.3 Å². The van der Waals surface area contributed by atoms with Gasteiger partial charge in [-0.1, -0.05) is 62.4 Å². The number of hydrogen-bond donors (Lipinski definition) is 0. The Balaban J connectivity index is 1.67. The monoisotopic (exact) mass is 318 g/mol. The minimum Gasteiger partial charge on any atom is -0.364 e. The van der Waals surface area contributed by atoms with Gasteiger partial charge in [-0.2, -0.15) is 0 Å². The highest BCUT2D eigenvalue weighted by atomic mass is 16.5. The Labute approximate surface area is 141 Å². The average molecular weight is 318 g/mol. The van der Waals surface area contributed by atoms with Crippen molar-refractivity contribution in [3.63, 3.8) is 0 Å². The molecule has 1 saturated carbocycles. The highest BCUT2D eigenvalue weighted by Gasteiger charge is 2.74. The smallest absolute Gasteiger partial charge is 0.234 e. The maximum Gasteiger partial charge on any atom is 0.234 e. The molecule has 2 unspecified atom stereocenters. The third-order valence-corrected chi connectivity index (χ3v) is 5.71. The summed E-state index contributed by atoms with van der Waals surface area (Å²) in [5.41, 5.74) is 3.10. The molecule has 0 heterocycles. The highest BCUT2D eigenvalue weighted by molar-refractivity contribution is 5.83. The molecule has 24 heavy (non-hydrogen) atoms. The van der Waals surface area contributed by atoms with Crippen molar-refractivity contribution in [2.75, 3.05) is 6.61 Å². The van der Waals surface area contributed by atoms with Crippen molar-refractivity contribution in [1.82, 2.24) is 0 Å². The Bertz CT molecular complexity index is 778. The molecule has 0 spiro atoms. The number of benzene rings is 2. The van der Waals surface area contributed by atoms with Gasteiger partial charge in [0.1, 0.15) is 0 Å². The summed E-state index contributed by atoms with van der Waals surface area (Å²) < 4.78 is 6.02. The van der Waals surface area contributed by atoms with Gasteiger partial charge in [0.25, 0.3) is 0 Å². The molecule has 0 saturated heterocycles. The maximum absolute atomic E-state index is 11.5. The van der Waals surface area contributed by atoms with E-state index in [1.54, 1.807) is 0 Å². The quantitative estimate of drug-likeness (QED) is 0.848. The second-order valence-corrected chi connectivity index (χ2v) is 7.15. The summed E-state index contributed by atoms with van der Waals surface area (Å²) in [7, 11) is 0. The molecule has 0 aromatic heterocycles. The molecular formula is C21H18O3. The summed E-state index contributed by atoms with van der Waals surface area (Å²) in [5.74, 6) is -0.485. The van der Waals surface area contributed by atoms with Crippen molar-refractivity contribution in [2.24, 2.45) is 11.3 Å². The Kier molecular flexibility index (Phi) is 3.26. The molecule has 2 radical (unpaired) electrons. The van der Waals surface area contributed by atoms with Crippen LogP contribution in [0.3, 0.4) is 0 Å². The zero-order chi connectivity index (χ0) is 16.9. The fourth-order valence-corrected chi connectivity index (χ4v) is 4.10. The van der Waals surface area contributed by atoms with Gasteiger partial charge in [0.15, 0.2) is 5.60 Å². The Morgan fingerprint density at radius 3 is 1.96 bits per heavy atom. The normalized spacial score (nSPS) is 26.5. The molecule has 120 valence electrons. The molecule has 3 heteroatoms. The van der Waals surface area contributed by atoms with Gasteiger partial charge < -0.3 is 4.74 Å². The standard InChI is InChI=1S/C21H18O3/c1-20(2)19(11-22)21(20,13-23)24-12-18-16-9-5-3-7-14(16)15-8-4-6-10-17(15)18/h3-10,18-19H,12H2,1-2H3. The van der Waals surface area contributed by atoms with E-state index < -0.39 is 16.9 Å². The van der Waals surface area contributed by atoms with Crippen molar-refractivity contribution in [2.45, 2.75) is 25.4 Å². The predicted molar refractivity (Wildman–Crippen MR) is 91.1 cm³/mol. The SMILES string of the molecule is CC1(C)C([C]=O)C1([C]=O)OCC1c2ccccc2-c2ccccc21.